The van der Waals surface area contributed by atoms with Crippen LogP contribution in [-0.4, -0.2) is 321 Å². The number of amides is 2. The molecule has 5 heterocycles. The monoisotopic (exact) mass is 1060 g/mol. The number of nitrogens with one attached hydrogen (secondary N) is 2. The lowest BCUT2D eigenvalue weighted by Gasteiger charge is -2.49. The van der Waals surface area contributed by atoms with Crippen LogP contribution in [0.1, 0.15) is 20.8 Å². The molecule has 32 heteroatoms. The second-order valence-corrected chi connectivity index (χ2v) is 18.0. The minimum atomic E-state index is -2.36. The standard InChI is InChI=1S/C40H70N2O30/c1-10-20(51)26(57)29(60)37(64-10)72-35-34(71-39-31(62)28(59)23(54)16(6-45)66-39)24(55)17(7-46)67-40(35)69-32(13(4-43)41-11(2)48)21(52)14(50)9-63-36-19(42-12(3)49)25(56)33(18(8-47)68-36)70-38-30(61)27(58)22(53)15(5-44)65-38/h10,13-40,43-47,50-62H,4-9H2,1-3H3,(H,41,48)(H,42,49)/t10-,13-,14+,15+,16+,17+,18+,19+,20+,21-,22-,23-,24-,25+,26+,27-,28-,29-,30+,31+,32+,33+,34-,35+,36+,37-,38-,39+,40-/m0/s1. The van der Waals surface area contributed by atoms with Crippen molar-refractivity contribution in [1.29, 1.82) is 0 Å². The minimum absolute atomic E-state index is 0.809. The Kier molecular flexibility index (Phi) is 22.5. The maximum atomic E-state index is 12.4. The van der Waals surface area contributed by atoms with E-state index >= 15 is 0 Å². The van der Waals surface area contributed by atoms with Gasteiger partial charge in [-0.05, 0) is 6.92 Å². The molecule has 0 saturated carbocycles. The van der Waals surface area contributed by atoms with Crippen molar-refractivity contribution in [2.45, 2.75) is 199 Å². The molecule has 420 valence electrons. The van der Waals surface area contributed by atoms with Gasteiger partial charge in [0.25, 0.3) is 0 Å². The number of ether oxygens (including phenoxy) is 10. The second-order valence-electron chi connectivity index (χ2n) is 18.0. The lowest BCUT2D eigenvalue weighted by molar-refractivity contribution is -0.396. The first-order valence-corrected chi connectivity index (χ1v) is 22.9. The van der Waals surface area contributed by atoms with Gasteiger partial charge in [-0.15, -0.1) is 0 Å². The summed E-state index contributed by atoms with van der Waals surface area (Å²) in [5, 5.41) is 196. The fourth-order valence-corrected chi connectivity index (χ4v) is 8.74. The molecule has 0 aliphatic carbocycles. The summed E-state index contributed by atoms with van der Waals surface area (Å²) in [6, 6.07) is -3.41. The van der Waals surface area contributed by atoms with Crippen molar-refractivity contribution < 1.29 is 149 Å². The van der Waals surface area contributed by atoms with Gasteiger partial charge in [0.2, 0.25) is 11.8 Å². The predicted octanol–water partition coefficient (Wildman–Crippen LogP) is -13.1. The lowest BCUT2D eigenvalue weighted by Crippen LogP contribution is -2.68. The summed E-state index contributed by atoms with van der Waals surface area (Å²) in [7, 11) is 0. The summed E-state index contributed by atoms with van der Waals surface area (Å²) in [5.74, 6) is -1.67. The highest BCUT2D eigenvalue weighted by Gasteiger charge is 2.56. The van der Waals surface area contributed by atoms with Gasteiger partial charge in [0.05, 0.1) is 51.8 Å². The van der Waals surface area contributed by atoms with Gasteiger partial charge in [-0.3, -0.25) is 9.59 Å². The summed E-state index contributed by atoms with van der Waals surface area (Å²) in [5.41, 5.74) is 0. The minimum Gasteiger partial charge on any atom is -0.394 e. The molecule has 5 aliphatic heterocycles. The molecule has 72 heavy (non-hydrogen) atoms. The van der Waals surface area contributed by atoms with Crippen LogP contribution < -0.4 is 10.6 Å². The number of aliphatic hydroxyl groups excluding tert-OH is 18. The molecule has 0 aromatic heterocycles. The largest absolute Gasteiger partial charge is 0.394 e. The van der Waals surface area contributed by atoms with Crippen LogP contribution in [0, 0.1) is 0 Å². The summed E-state index contributed by atoms with van der Waals surface area (Å²) in [6.45, 7) is -2.71. The molecule has 0 spiro atoms. The second kappa shape index (κ2) is 26.7. The maximum absolute atomic E-state index is 12.4. The van der Waals surface area contributed by atoms with E-state index in [0.29, 0.717) is 0 Å². The maximum Gasteiger partial charge on any atom is 0.217 e. The van der Waals surface area contributed by atoms with E-state index in [9.17, 15) is 102 Å². The van der Waals surface area contributed by atoms with Crippen LogP contribution in [0.25, 0.3) is 0 Å². The molecule has 5 fully saturated rings. The van der Waals surface area contributed by atoms with E-state index in [4.69, 9.17) is 47.4 Å². The Bertz CT molecular complexity index is 1680. The number of aliphatic hydroxyl groups is 18. The van der Waals surface area contributed by atoms with Gasteiger partial charge in [-0.1, -0.05) is 0 Å². The van der Waals surface area contributed by atoms with Crippen molar-refractivity contribution in [3.63, 3.8) is 0 Å². The number of carbonyl (C=O) groups is 2. The van der Waals surface area contributed by atoms with Gasteiger partial charge in [0, 0.05) is 13.8 Å². The van der Waals surface area contributed by atoms with Crippen LogP contribution in [0.15, 0.2) is 0 Å². The Hall–Kier alpha value is -2.18. The zero-order chi connectivity index (χ0) is 53.6. The van der Waals surface area contributed by atoms with Crippen molar-refractivity contribution in [2.24, 2.45) is 0 Å². The van der Waals surface area contributed by atoms with E-state index in [1.54, 1.807) is 0 Å². The first kappa shape index (κ1) is 60.7. The van der Waals surface area contributed by atoms with Gasteiger partial charge >= 0.3 is 0 Å². The van der Waals surface area contributed by atoms with Crippen molar-refractivity contribution in [3.8, 4) is 0 Å². The Labute approximate surface area is 409 Å². The molecule has 0 radical (unpaired) electrons. The summed E-state index contributed by atoms with van der Waals surface area (Å²) in [4.78, 5) is 24.8. The van der Waals surface area contributed by atoms with E-state index < -0.39 is 229 Å². The summed E-state index contributed by atoms with van der Waals surface area (Å²) >= 11 is 0. The molecule has 32 nitrogen and oxygen atoms in total. The van der Waals surface area contributed by atoms with Gasteiger partial charge < -0.3 is 150 Å². The van der Waals surface area contributed by atoms with Gasteiger partial charge in [-0.2, -0.15) is 0 Å². The molecule has 0 unspecified atom stereocenters. The molecular formula is C40H70N2O30. The van der Waals surface area contributed by atoms with Crippen molar-refractivity contribution in [3.05, 3.63) is 0 Å². The lowest BCUT2D eigenvalue weighted by atomic mass is 9.95. The number of hydrogen-bond acceptors (Lipinski definition) is 30. The molecule has 5 rings (SSSR count). The summed E-state index contributed by atoms with van der Waals surface area (Å²) in [6.07, 6.45) is -51.7. The number of hydrogen-bond donors (Lipinski definition) is 20. The molecule has 20 N–H and O–H groups in total. The molecule has 0 aromatic rings. The number of rotatable bonds is 21. The highest BCUT2D eigenvalue weighted by molar-refractivity contribution is 5.73. The fourth-order valence-electron chi connectivity index (χ4n) is 8.74. The van der Waals surface area contributed by atoms with Crippen LogP contribution >= 0.6 is 0 Å². The zero-order valence-electron chi connectivity index (χ0n) is 38.9. The predicted molar refractivity (Wildman–Crippen MR) is 223 cm³/mol. The smallest absolute Gasteiger partial charge is 0.217 e. The summed E-state index contributed by atoms with van der Waals surface area (Å²) < 4.78 is 57.3. The average Bonchev–Trinajstić information content (AvgIpc) is 3.35. The van der Waals surface area contributed by atoms with E-state index in [1.807, 2.05) is 0 Å². The molecule has 2 amide bonds. The van der Waals surface area contributed by atoms with E-state index in [-0.39, 0.29) is 0 Å². The molecule has 5 saturated heterocycles. The molecule has 0 bridgehead atoms. The first-order valence-electron chi connectivity index (χ1n) is 22.9. The average molecular weight is 1060 g/mol. The highest BCUT2D eigenvalue weighted by atomic mass is 16.8. The van der Waals surface area contributed by atoms with Gasteiger partial charge in [-0.25, -0.2) is 0 Å². The quantitative estimate of drug-likeness (QED) is 0.0507. The van der Waals surface area contributed by atoms with Crippen molar-refractivity contribution in [1.82, 2.24) is 10.6 Å². The van der Waals surface area contributed by atoms with E-state index in [1.165, 1.54) is 6.92 Å². The Morgan fingerprint density at radius 1 is 0.500 bits per heavy atom. The third-order valence-electron chi connectivity index (χ3n) is 12.8. The zero-order valence-corrected chi connectivity index (χ0v) is 38.9. The third-order valence-corrected chi connectivity index (χ3v) is 12.8. The van der Waals surface area contributed by atoms with Crippen LogP contribution in [0.3, 0.4) is 0 Å². The normalized spacial score (nSPS) is 45.7. The van der Waals surface area contributed by atoms with Crippen LogP contribution in [-0.2, 0) is 57.0 Å². The highest BCUT2D eigenvalue weighted by Crippen LogP contribution is 2.36. The van der Waals surface area contributed by atoms with Gasteiger partial charge in [0.1, 0.15) is 134 Å². The van der Waals surface area contributed by atoms with Crippen molar-refractivity contribution in [2.75, 3.05) is 39.6 Å². The number of carbonyl (C=O) groups excluding carboxylic acids is 2. The Morgan fingerprint density at radius 2 is 0.944 bits per heavy atom. The van der Waals surface area contributed by atoms with Gasteiger partial charge in [0.15, 0.2) is 31.5 Å². The fraction of sp³-hybridized carbons (Fsp3) is 0.950. The topological polar surface area (TPSA) is 515 Å². The molecule has 0 aromatic carbocycles. The SMILES string of the molecule is CC(=O)N[C@H]1[C@H](OC[C@@H](O)[C@H](O)[C@H](O[C@@H]2O[C@H](CO)[C@H](O)[C@H](O[C@H]3O[C@H](CO)[C@H](O)[C@H](O)[C@H]3O)[C@H]2O[C@@H]2O[C@@H](C)[C@@H](O)[C@@H](O)[C@@H]2O)[C@H](CO)NC(C)=O)O[C@H](CO)[C@@H](O[C@@H]2O[C@H](CO)[C@H](O)[C@H](O)[C@H]2O)[C@@H]1O. The molecule has 29 atom stereocenters. The van der Waals surface area contributed by atoms with Crippen LogP contribution in [0.2, 0.25) is 0 Å². The van der Waals surface area contributed by atoms with Crippen LogP contribution in [0.5, 0.6) is 0 Å². The Morgan fingerprint density at radius 3 is 1.43 bits per heavy atom. The third kappa shape index (κ3) is 13.7. The molecular weight excluding hydrogens is 988 g/mol. The van der Waals surface area contributed by atoms with E-state index in [0.717, 1.165) is 13.8 Å². The first-order chi connectivity index (χ1) is 33.9. The van der Waals surface area contributed by atoms with Crippen LogP contribution in [0.4, 0.5) is 0 Å². The van der Waals surface area contributed by atoms with E-state index in [2.05, 4.69) is 10.6 Å². The molecule has 5 aliphatic rings. The Balaban J connectivity index is 1.44. The van der Waals surface area contributed by atoms with Crippen molar-refractivity contribution >= 4 is 11.8 Å².